The van der Waals surface area contributed by atoms with Gasteiger partial charge >= 0.3 is 0 Å². The van der Waals surface area contributed by atoms with E-state index in [4.69, 9.17) is 11.6 Å². The summed E-state index contributed by atoms with van der Waals surface area (Å²) in [5, 5.41) is 13.9. The van der Waals surface area contributed by atoms with Crippen LogP contribution in [0.2, 0.25) is 5.02 Å². The first-order valence-corrected chi connectivity index (χ1v) is 8.13. The number of anilines is 1. The summed E-state index contributed by atoms with van der Waals surface area (Å²) < 4.78 is 0. The van der Waals surface area contributed by atoms with E-state index >= 15 is 0 Å². The van der Waals surface area contributed by atoms with Gasteiger partial charge in [-0.15, -0.1) is 5.10 Å². The molecular formula is C19H13ClN4. The predicted molar refractivity (Wildman–Crippen MR) is 96.2 cm³/mol. The Labute approximate surface area is 143 Å². The minimum atomic E-state index is 0.0163. The molecule has 5 heteroatoms. The third-order valence-corrected chi connectivity index (χ3v) is 4.79. The number of nitrogens with zero attached hydrogens (tertiary/aromatic N) is 2. The second-order valence-electron chi connectivity index (χ2n) is 5.90. The molecule has 0 amide bonds. The number of halogens is 1. The summed E-state index contributed by atoms with van der Waals surface area (Å²) in [6.45, 7) is 0. The molecule has 2 aromatic carbocycles. The van der Waals surface area contributed by atoms with E-state index in [9.17, 15) is 0 Å². The molecule has 24 heavy (non-hydrogen) atoms. The fourth-order valence-corrected chi connectivity index (χ4v) is 3.55. The Morgan fingerprint density at radius 1 is 0.958 bits per heavy atom. The number of hydrogen-bond donors (Lipinski definition) is 2. The molecule has 3 heterocycles. The molecule has 0 fully saturated rings. The highest BCUT2D eigenvalue weighted by molar-refractivity contribution is 6.30. The van der Waals surface area contributed by atoms with Gasteiger partial charge in [-0.1, -0.05) is 41.9 Å². The van der Waals surface area contributed by atoms with Crippen LogP contribution in [0.3, 0.4) is 0 Å². The maximum atomic E-state index is 6.06. The maximum Gasteiger partial charge on any atom is 0.160 e. The third kappa shape index (κ3) is 1.93. The van der Waals surface area contributed by atoms with Gasteiger partial charge in [-0.2, -0.15) is 5.10 Å². The van der Waals surface area contributed by atoms with Gasteiger partial charge in [0.05, 0.1) is 12.2 Å². The molecule has 4 nitrogen and oxygen atoms in total. The highest BCUT2D eigenvalue weighted by Crippen LogP contribution is 2.43. The zero-order valence-electron chi connectivity index (χ0n) is 12.6. The molecule has 0 saturated carbocycles. The van der Waals surface area contributed by atoms with Crippen molar-refractivity contribution < 1.29 is 0 Å². The Kier molecular flexibility index (Phi) is 2.87. The zero-order chi connectivity index (χ0) is 16.1. The lowest BCUT2D eigenvalue weighted by Crippen LogP contribution is -2.11. The third-order valence-electron chi connectivity index (χ3n) is 4.54. The van der Waals surface area contributed by atoms with E-state index in [1.54, 1.807) is 0 Å². The van der Waals surface area contributed by atoms with Crippen molar-refractivity contribution in [3.8, 4) is 11.1 Å². The minimum Gasteiger partial charge on any atom is -0.374 e. The number of H-pyrrole nitrogens is 1. The first-order valence-electron chi connectivity index (χ1n) is 7.75. The number of para-hydroxylation sites is 1. The molecule has 1 aliphatic rings. The summed E-state index contributed by atoms with van der Waals surface area (Å²) in [6, 6.07) is 16.3. The number of nitrogens with one attached hydrogen (secondary N) is 2. The van der Waals surface area contributed by atoms with Crippen LogP contribution in [0.5, 0.6) is 0 Å². The van der Waals surface area contributed by atoms with Crippen LogP contribution in [-0.2, 0) is 0 Å². The number of rotatable bonds is 1. The Morgan fingerprint density at radius 3 is 2.67 bits per heavy atom. The molecule has 2 aromatic heterocycles. The van der Waals surface area contributed by atoms with Gasteiger partial charge in [-0.3, -0.25) is 0 Å². The Morgan fingerprint density at radius 2 is 1.79 bits per heavy atom. The molecule has 116 valence electrons. The molecule has 0 bridgehead atoms. The molecule has 1 aliphatic heterocycles. The fourth-order valence-electron chi connectivity index (χ4n) is 3.43. The van der Waals surface area contributed by atoms with Gasteiger partial charge in [0.15, 0.2) is 5.65 Å². The molecule has 5 rings (SSSR count). The van der Waals surface area contributed by atoms with Gasteiger partial charge in [-0.05, 0) is 23.8 Å². The van der Waals surface area contributed by atoms with Crippen LogP contribution in [0.15, 0.2) is 60.9 Å². The highest BCUT2D eigenvalue weighted by atomic mass is 35.5. The lowest BCUT2D eigenvalue weighted by Gasteiger charge is -2.19. The molecule has 0 radical (unpaired) electrons. The van der Waals surface area contributed by atoms with Crippen LogP contribution in [-0.4, -0.2) is 15.2 Å². The van der Waals surface area contributed by atoms with Crippen LogP contribution < -0.4 is 5.32 Å². The van der Waals surface area contributed by atoms with E-state index in [-0.39, 0.29) is 6.04 Å². The molecule has 0 aliphatic carbocycles. The van der Waals surface area contributed by atoms with E-state index in [2.05, 4.69) is 44.8 Å². The van der Waals surface area contributed by atoms with Gasteiger partial charge in [0, 0.05) is 39.0 Å². The van der Waals surface area contributed by atoms with Gasteiger partial charge in [0.25, 0.3) is 0 Å². The van der Waals surface area contributed by atoms with Gasteiger partial charge < -0.3 is 10.3 Å². The van der Waals surface area contributed by atoms with E-state index in [1.807, 2.05) is 36.7 Å². The molecule has 1 unspecified atom stereocenters. The molecule has 0 saturated heterocycles. The first-order chi connectivity index (χ1) is 11.8. The highest BCUT2D eigenvalue weighted by Gasteiger charge is 2.26. The minimum absolute atomic E-state index is 0.0163. The van der Waals surface area contributed by atoms with Crippen LogP contribution in [0.1, 0.15) is 17.2 Å². The maximum absolute atomic E-state index is 6.06. The molecular weight excluding hydrogens is 320 g/mol. The normalized spacial score (nSPS) is 15.6. The molecule has 1 atom stereocenters. The van der Waals surface area contributed by atoms with Crippen molar-refractivity contribution in [3.63, 3.8) is 0 Å². The van der Waals surface area contributed by atoms with Crippen LogP contribution in [0, 0.1) is 0 Å². The number of fused-ring (bicyclic) bond motifs is 2. The van der Waals surface area contributed by atoms with E-state index in [1.165, 1.54) is 0 Å². The van der Waals surface area contributed by atoms with E-state index in [0.29, 0.717) is 0 Å². The van der Waals surface area contributed by atoms with Crippen LogP contribution in [0.4, 0.5) is 5.69 Å². The topological polar surface area (TPSA) is 53.6 Å². The number of aromatic nitrogens is 3. The predicted octanol–water partition coefficient (Wildman–Crippen LogP) is 4.79. The van der Waals surface area contributed by atoms with Crippen molar-refractivity contribution in [1.82, 2.24) is 15.2 Å². The number of hydrogen-bond acceptors (Lipinski definition) is 3. The lowest BCUT2D eigenvalue weighted by atomic mass is 9.98. The summed E-state index contributed by atoms with van der Waals surface area (Å²) in [5.74, 6) is 0. The first kappa shape index (κ1) is 13.6. The van der Waals surface area contributed by atoms with Gasteiger partial charge in [-0.25, -0.2) is 0 Å². The summed E-state index contributed by atoms with van der Waals surface area (Å²) in [6.07, 6.45) is 3.85. The zero-order valence-corrected chi connectivity index (χ0v) is 13.4. The Balaban J connectivity index is 1.83. The van der Waals surface area contributed by atoms with E-state index in [0.717, 1.165) is 44.0 Å². The standard InChI is InChI=1S/C19H13ClN4/c20-12-7-5-11(6-8-12)18-15-9-21-19-17(15)14(10-22-24-19)13-3-1-2-4-16(13)23-18/h1-10,18,23H,(H,21,24). The summed E-state index contributed by atoms with van der Waals surface area (Å²) in [4.78, 5) is 3.25. The smallest absolute Gasteiger partial charge is 0.160 e. The average Bonchev–Trinajstić information content (AvgIpc) is 2.98. The molecule has 4 aromatic rings. The van der Waals surface area contributed by atoms with Crippen molar-refractivity contribution in [3.05, 3.63) is 77.1 Å². The monoisotopic (exact) mass is 332 g/mol. The molecule has 2 N–H and O–H groups in total. The fraction of sp³-hybridized carbons (Fsp3) is 0.0526. The Hall–Kier alpha value is -2.85. The average molecular weight is 333 g/mol. The van der Waals surface area contributed by atoms with E-state index < -0.39 is 0 Å². The van der Waals surface area contributed by atoms with Crippen molar-refractivity contribution >= 4 is 28.3 Å². The van der Waals surface area contributed by atoms with Crippen molar-refractivity contribution in [2.45, 2.75) is 6.04 Å². The Bertz CT molecular complexity index is 1050. The second kappa shape index (κ2) is 5.08. The molecule has 0 spiro atoms. The quantitative estimate of drug-likeness (QED) is 0.526. The van der Waals surface area contributed by atoms with Gasteiger partial charge in [0.2, 0.25) is 0 Å². The van der Waals surface area contributed by atoms with Crippen molar-refractivity contribution in [2.75, 3.05) is 5.32 Å². The van der Waals surface area contributed by atoms with Crippen molar-refractivity contribution in [1.29, 1.82) is 0 Å². The summed E-state index contributed by atoms with van der Waals surface area (Å²) >= 11 is 6.06. The number of aromatic amines is 1. The summed E-state index contributed by atoms with van der Waals surface area (Å²) in [5.41, 5.74) is 6.43. The number of benzene rings is 2. The van der Waals surface area contributed by atoms with Crippen LogP contribution in [0.25, 0.3) is 22.2 Å². The summed E-state index contributed by atoms with van der Waals surface area (Å²) in [7, 11) is 0. The lowest BCUT2D eigenvalue weighted by molar-refractivity contribution is 0.953. The van der Waals surface area contributed by atoms with Gasteiger partial charge in [0.1, 0.15) is 0 Å². The van der Waals surface area contributed by atoms with Crippen LogP contribution >= 0.6 is 11.6 Å². The van der Waals surface area contributed by atoms with Crippen molar-refractivity contribution in [2.24, 2.45) is 0 Å². The second-order valence-corrected chi connectivity index (χ2v) is 6.34. The largest absolute Gasteiger partial charge is 0.374 e. The SMILES string of the molecule is Clc1ccc(C2Nc3ccccc3-c3cnnc4[nH]cc2c34)cc1.